The molecule has 0 aliphatic rings. The molecule has 0 atom stereocenters. The Labute approximate surface area is 107 Å². The molecule has 0 N–H and O–H groups in total. The van der Waals surface area contributed by atoms with Crippen LogP contribution in [0.15, 0.2) is 35.2 Å². The largest absolute Gasteiger partial charge is 0.219 e. The van der Waals surface area contributed by atoms with Gasteiger partial charge in [0.1, 0.15) is 0 Å². The molecule has 15 heavy (non-hydrogen) atoms. The summed E-state index contributed by atoms with van der Waals surface area (Å²) in [6.45, 7) is 2.05. The molecule has 1 aromatic heterocycles. The second-order valence-electron chi connectivity index (χ2n) is 2.98. The monoisotopic (exact) mass is 329 g/mol. The van der Waals surface area contributed by atoms with Gasteiger partial charge in [-0.15, -0.1) is 22.1 Å². The summed E-state index contributed by atoms with van der Waals surface area (Å²) in [4.78, 5) is 4.22. The molecular formula is C10H9Br2N3. The SMILES string of the molecule is Br.Cc1ccc(-c2cnnc(Br)n2)cc1. The van der Waals surface area contributed by atoms with Gasteiger partial charge in [0, 0.05) is 5.56 Å². The van der Waals surface area contributed by atoms with E-state index >= 15 is 0 Å². The molecule has 2 rings (SSSR count). The summed E-state index contributed by atoms with van der Waals surface area (Å²) in [5.74, 6) is 0. The molecule has 1 aromatic carbocycles. The van der Waals surface area contributed by atoms with Crippen LogP contribution < -0.4 is 0 Å². The van der Waals surface area contributed by atoms with E-state index in [0.717, 1.165) is 11.3 Å². The van der Waals surface area contributed by atoms with Crippen molar-refractivity contribution in [3.63, 3.8) is 0 Å². The van der Waals surface area contributed by atoms with Gasteiger partial charge in [-0.3, -0.25) is 0 Å². The molecule has 0 radical (unpaired) electrons. The summed E-state index contributed by atoms with van der Waals surface area (Å²) in [5.41, 5.74) is 3.10. The van der Waals surface area contributed by atoms with Gasteiger partial charge in [-0.05, 0) is 22.9 Å². The van der Waals surface area contributed by atoms with Crippen molar-refractivity contribution in [2.45, 2.75) is 6.92 Å². The number of aryl methyl sites for hydroxylation is 1. The number of hydrogen-bond donors (Lipinski definition) is 0. The maximum atomic E-state index is 4.22. The van der Waals surface area contributed by atoms with Crippen LogP contribution in [0, 0.1) is 6.92 Å². The van der Waals surface area contributed by atoms with E-state index in [9.17, 15) is 0 Å². The highest BCUT2D eigenvalue weighted by molar-refractivity contribution is 9.10. The Bertz CT molecular complexity index is 443. The molecule has 0 unspecified atom stereocenters. The van der Waals surface area contributed by atoms with Gasteiger partial charge in [0.05, 0.1) is 11.9 Å². The quantitative estimate of drug-likeness (QED) is 0.806. The van der Waals surface area contributed by atoms with E-state index in [0.29, 0.717) is 4.73 Å². The minimum atomic E-state index is 0. The van der Waals surface area contributed by atoms with Crippen molar-refractivity contribution in [3.05, 3.63) is 40.8 Å². The van der Waals surface area contributed by atoms with Crippen molar-refractivity contribution in [1.29, 1.82) is 0 Å². The van der Waals surface area contributed by atoms with Crippen LogP contribution in [0.4, 0.5) is 0 Å². The summed E-state index contributed by atoms with van der Waals surface area (Å²) >= 11 is 3.19. The first-order chi connectivity index (χ1) is 6.75. The van der Waals surface area contributed by atoms with Crippen LogP contribution in [-0.2, 0) is 0 Å². The zero-order valence-electron chi connectivity index (χ0n) is 8.01. The maximum absolute atomic E-state index is 4.22. The molecule has 0 amide bonds. The molecule has 1 heterocycles. The van der Waals surface area contributed by atoms with Crippen molar-refractivity contribution in [3.8, 4) is 11.3 Å². The van der Waals surface area contributed by atoms with Crippen molar-refractivity contribution in [2.24, 2.45) is 0 Å². The summed E-state index contributed by atoms with van der Waals surface area (Å²) in [5, 5.41) is 7.56. The van der Waals surface area contributed by atoms with Gasteiger partial charge >= 0.3 is 0 Å². The Hall–Kier alpha value is -0.810. The minimum Gasteiger partial charge on any atom is -0.219 e. The fourth-order valence-electron chi connectivity index (χ4n) is 1.15. The lowest BCUT2D eigenvalue weighted by Gasteiger charge is -1.99. The van der Waals surface area contributed by atoms with Crippen LogP contribution in [-0.4, -0.2) is 15.2 Å². The van der Waals surface area contributed by atoms with Crippen LogP contribution in [0.1, 0.15) is 5.56 Å². The number of benzene rings is 1. The zero-order valence-corrected chi connectivity index (χ0v) is 11.3. The fraction of sp³-hybridized carbons (Fsp3) is 0.100. The highest BCUT2D eigenvalue weighted by Gasteiger charge is 2.00. The molecule has 0 fully saturated rings. The van der Waals surface area contributed by atoms with Crippen LogP contribution in [0.2, 0.25) is 0 Å². The van der Waals surface area contributed by atoms with Gasteiger partial charge in [0.15, 0.2) is 0 Å². The van der Waals surface area contributed by atoms with Gasteiger partial charge < -0.3 is 0 Å². The first-order valence-corrected chi connectivity index (χ1v) is 4.97. The van der Waals surface area contributed by atoms with Gasteiger partial charge in [-0.1, -0.05) is 29.8 Å². The minimum absolute atomic E-state index is 0. The van der Waals surface area contributed by atoms with Crippen LogP contribution >= 0.6 is 32.9 Å². The van der Waals surface area contributed by atoms with Gasteiger partial charge in [0.2, 0.25) is 4.73 Å². The van der Waals surface area contributed by atoms with Crippen molar-refractivity contribution < 1.29 is 0 Å². The lowest BCUT2D eigenvalue weighted by Crippen LogP contribution is -1.90. The van der Waals surface area contributed by atoms with Crippen LogP contribution in [0.5, 0.6) is 0 Å². The molecule has 0 bridgehead atoms. The zero-order chi connectivity index (χ0) is 9.97. The molecule has 0 aliphatic carbocycles. The highest BCUT2D eigenvalue weighted by Crippen LogP contribution is 2.17. The van der Waals surface area contributed by atoms with E-state index in [2.05, 4.69) is 38.0 Å². The van der Waals surface area contributed by atoms with Crippen molar-refractivity contribution in [1.82, 2.24) is 15.2 Å². The third kappa shape index (κ3) is 3.07. The molecule has 5 heteroatoms. The average molecular weight is 331 g/mol. The predicted molar refractivity (Wildman–Crippen MR) is 68.0 cm³/mol. The van der Waals surface area contributed by atoms with E-state index in [1.165, 1.54) is 5.56 Å². The van der Waals surface area contributed by atoms with Gasteiger partial charge in [-0.2, -0.15) is 5.10 Å². The van der Waals surface area contributed by atoms with E-state index in [4.69, 9.17) is 0 Å². The Balaban J connectivity index is 0.00000112. The van der Waals surface area contributed by atoms with Crippen molar-refractivity contribution >= 4 is 32.9 Å². The Morgan fingerprint density at radius 2 is 1.80 bits per heavy atom. The molecule has 3 nitrogen and oxygen atoms in total. The number of rotatable bonds is 1. The normalized spacial score (nSPS) is 9.47. The molecule has 0 saturated carbocycles. The number of halogens is 2. The van der Waals surface area contributed by atoms with Crippen molar-refractivity contribution in [2.75, 3.05) is 0 Å². The molecule has 78 valence electrons. The third-order valence-corrected chi connectivity index (χ3v) is 2.22. The highest BCUT2D eigenvalue weighted by atomic mass is 79.9. The fourth-order valence-corrected chi connectivity index (χ4v) is 1.43. The van der Waals surface area contributed by atoms with E-state index < -0.39 is 0 Å². The standard InChI is InChI=1S/C10H8BrN3.BrH/c1-7-2-4-8(5-3-7)9-6-12-14-10(11)13-9;/h2-6H,1H3;1H. The molecule has 0 saturated heterocycles. The number of hydrogen-bond acceptors (Lipinski definition) is 3. The Kier molecular flexibility index (Phi) is 4.35. The molecular weight excluding hydrogens is 322 g/mol. The first-order valence-electron chi connectivity index (χ1n) is 4.18. The summed E-state index contributed by atoms with van der Waals surface area (Å²) in [7, 11) is 0. The molecule has 0 spiro atoms. The van der Waals surface area contributed by atoms with Gasteiger partial charge in [0.25, 0.3) is 0 Å². The predicted octanol–water partition coefficient (Wildman–Crippen LogP) is 3.19. The average Bonchev–Trinajstić information content (AvgIpc) is 2.19. The topological polar surface area (TPSA) is 38.7 Å². The summed E-state index contributed by atoms with van der Waals surface area (Å²) in [6, 6.07) is 8.13. The summed E-state index contributed by atoms with van der Waals surface area (Å²) < 4.78 is 0.510. The Morgan fingerprint density at radius 1 is 1.13 bits per heavy atom. The lowest BCUT2D eigenvalue weighted by molar-refractivity contribution is 0.939. The molecule has 0 aliphatic heterocycles. The number of aromatic nitrogens is 3. The maximum Gasteiger partial charge on any atom is 0.218 e. The Morgan fingerprint density at radius 3 is 2.40 bits per heavy atom. The van der Waals surface area contributed by atoms with E-state index in [1.54, 1.807) is 6.20 Å². The van der Waals surface area contributed by atoms with E-state index in [-0.39, 0.29) is 17.0 Å². The van der Waals surface area contributed by atoms with E-state index in [1.807, 2.05) is 24.3 Å². The summed E-state index contributed by atoms with van der Waals surface area (Å²) in [6.07, 6.45) is 1.65. The third-order valence-electron chi connectivity index (χ3n) is 1.88. The second-order valence-corrected chi connectivity index (χ2v) is 3.69. The van der Waals surface area contributed by atoms with Crippen LogP contribution in [0.3, 0.4) is 0 Å². The lowest BCUT2D eigenvalue weighted by atomic mass is 10.1. The van der Waals surface area contributed by atoms with Gasteiger partial charge in [-0.25, -0.2) is 4.98 Å². The number of nitrogens with zero attached hydrogens (tertiary/aromatic N) is 3. The molecule has 2 aromatic rings. The van der Waals surface area contributed by atoms with Crippen LogP contribution in [0.25, 0.3) is 11.3 Å². The first kappa shape index (κ1) is 12.3. The second kappa shape index (κ2) is 5.32. The smallest absolute Gasteiger partial charge is 0.218 e.